The molecule has 88 valence electrons. The summed E-state index contributed by atoms with van der Waals surface area (Å²) < 4.78 is 0. The van der Waals surface area contributed by atoms with Crippen molar-refractivity contribution in [3.63, 3.8) is 0 Å². The van der Waals surface area contributed by atoms with Gasteiger partial charge in [-0.15, -0.1) is 0 Å². The van der Waals surface area contributed by atoms with Crippen LogP contribution in [0.5, 0.6) is 0 Å². The van der Waals surface area contributed by atoms with Crippen LogP contribution in [0.3, 0.4) is 0 Å². The van der Waals surface area contributed by atoms with E-state index >= 15 is 0 Å². The summed E-state index contributed by atoms with van der Waals surface area (Å²) in [5.41, 5.74) is 11.8. The van der Waals surface area contributed by atoms with Gasteiger partial charge in [-0.1, -0.05) is 18.2 Å². The molecule has 3 rings (SSSR count). The number of anilines is 2. The number of rotatable bonds is 0. The van der Waals surface area contributed by atoms with Gasteiger partial charge in [0.15, 0.2) is 0 Å². The van der Waals surface area contributed by atoms with Crippen LogP contribution < -0.4 is 10.9 Å². The number of hydrazine groups is 1. The number of fused-ring (bicyclic) bond motifs is 2. The van der Waals surface area contributed by atoms with Crippen LogP contribution in [0, 0.1) is 11.3 Å². The topological polar surface area (TPSA) is 47.9 Å². The van der Waals surface area contributed by atoms with Crippen molar-refractivity contribution >= 4 is 11.4 Å². The number of nitriles is 1. The molecule has 3 heteroatoms. The monoisotopic (exact) mass is 235 g/mol. The molecule has 0 saturated heterocycles. The van der Waals surface area contributed by atoms with Crippen molar-refractivity contribution in [2.24, 2.45) is 0 Å². The van der Waals surface area contributed by atoms with Crippen molar-refractivity contribution in [3.05, 3.63) is 59.2 Å². The summed E-state index contributed by atoms with van der Waals surface area (Å²) in [6.45, 7) is 0. The minimum Gasteiger partial charge on any atom is -0.301 e. The third-order valence-electron chi connectivity index (χ3n) is 3.25. The van der Waals surface area contributed by atoms with Crippen LogP contribution in [0.15, 0.2) is 42.5 Å². The quantitative estimate of drug-likeness (QED) is 0.737. The SMILES string of the molecule is N#Cc1ccc2c(c1)CCc1ccccc1NN2. The van der Waals surface area contributed by atoms with E-state index in [1.54, 1.807) is 0 Å². The molecule has 0 spiro atoms. The number of hydrogen-bond donors (Lipinski definition) is 2. The number of nitrogens with one attached hydrogen (secondary N) is 2. The van der Waals surface area contributed by atoms with E-state index in [4.69, 9.17) is 5.26 Å². The Morgan fingerprint density at radius 1 is 0.889 bits per heavy atom. The van der Waals surface area contributed by atoms with Gasteiger partial charge in [-0.25, -0.2) is 0 Å². The van der Waals surface area contributed by atoms with Gasteiger partial charge in [0.2, 0.25) is 0 Å². The predicted octanol–water partition coefficient (Wildman–Crippen LogP) is 3.10. The summed E-state index contributed by atoms with van der Waals surface area (Å²) in [6.07, 6.45) is 1.92. The predicted molar refractivity (Wildman–Crippen MR) is 72.3 cm³/mol. The van der Waals surface area contributed by atoms with Crippen LogP contribution in [0.4, 0.5) is 11.4 Å². The first-order valence-corrected chi connectivity index (χ1v) is 6.00. The summed E-state index contributed by atoms with van der Waals surface area (Å²) >= 11 is 0. The fraction of sp³-hybridized carbons (Fsp3) is 0.133. The molecule has 0 unspecified atom stereocenters. The van der Waals surface area contributed by atoms with Gasteiger partial charge in [0.25, 0.3) is 0 Å². The van der Waals surface area contributed by atoms with Gasteiger partial charge in [0.05, 0.1) is 23.0 Å². The highest BCUT2D eigenvalue weighted by molar-refractivity contribution is 5.62. The molecule has 0 aliphatic carbocycles. The molecule has 18 heavy (non-hydrogen) atoms. The fourth-order valence-corrected chi connectivity index (χ4v) is 2.26. The van der Waals surface area contributed by atoms with Crippen LogP contribution in [0.2, 0.25) is 0 Å². The summed E-state index contributed by atoms with van der Waals surface area (Å²) in [4.78, 5) is 0. The maximum Gasteiger partial charge on any atom is 0.0991 e. The summed E-state index contributed by atoms with van der Waals surface area (Å²) in [5.74, 6) is 0. The van der Waals surface area contributed by atoms with Crippen LogP contribution in [0.1, 0.15) is 16.7 Å². The van der Waals surface area contributed by atoms with E-state index in [0.29, 0.717) is 5.56 Å². The number of benzene rings is 2. The van der Waals surface area contributed by atoms with Crippen LogP contribution in [-0.2, 0) is 12.8 Å². The third kappa shape index (κ3) is 1.89. The number of para-hydroxylation sites is 1. The highest BCUT2D eigenvalue weighted by Gasteiger charge is 2.10. The van der Waals surface area contributed by atoms with Gasteiger partial charge in [0, 0.05) is 0 Å². The minimum atomic E-state index is 0.712. The Labute approximate surface area is 106 Å². The molecule has 0 amide bonds. The lowest BCUT2D eigenvalue weighted by atomic mass is 9.99. The van der Waals surface area contributed by atoms with E-state index in [1.165, 1.54) is 11.1 Å². The van der Waals surface area contributed by atoms with Crippen molar-refractivity contribution in [1.82, 2.24) is 0 Å². The zero-order chi connectivity index (χ0) is 12.4. The Morgan fingerprint density at radius 3 is 2.44 bits per heavy atom. The van der Waals surface area contributed by atoms with Crippen molar-refractivity contribution in [2.75, 3.05) is 10.9 Å². The molecule has 0 fully saturated rings. The maximum absolute atomic E-state index is 8.94. The summed E-state index contributed by atoms with van der Waals surface area (Å²) in [7, 11) is 0. The lowest BCUT2D eigenvalue weighted by molar-refractivity contribution is 0.951. The Bertz CT molecular complexity index is 626. The molecular weight excluding hydrogens is 222 g/mol. The number of hydrogen-bond acceptors (Lipinski definition) is 3. The number of nitrogens with zero attached hydrogens (tertiary/aromatic N) is 1. The van der Waals surface area contributed by atoms with E-state index in [2.05, 4.69) is 35.1 Å². The Balaban J connectivity index is 1.97. The summed E-state index contributed by atoms with van der Waals surface area (Å²) in [6, 6.07) is 16.2. The molecule has 0 saturated carbocycles. The van der Waals surface area contributed by atoms with E-state index in [1.807, 2.05) is 24.3 Å². The standard InChI is InChI=1S/C15H13N3/c16-10-11-5-8-15-13(9-11)7-6-12-3-1-2-4-14(12)17-18-15/h1-5,8-9,17-18H,6-7H2. The van der Waals surface area contributed by atoms with Crippen molar-refractivity contribution in [2.45, 2.75) is 12.8 Å². The summed E-state index contributed by atoms with van der Waals surface area (Å²) in [5, 5.41) is 8.94. The first-order chi connectivity index (χ1) is 8.86. The first kappa shape index (κ1) is 10.7. The fourth-order valence-electron chi connectivity index (χ4n) is 2.26. The van der Waals surface area contributed by atoms with Gasteiger partial charge in [-0.3, -0.25) is 0 Å². The average Bonchev–Trinajstić information content (AvgIpc) is 2.41. The van der Waals surface area contributed by atoms with E-state index in [9.17, 15) is 0 Å². The molecule has 1 heterocycles. The van der Waals surface area contributed by atoms with Crippen LogP contribution in [0.25, 0.3) is 0 Å². The Hall–Kier alpha value is -2.47. The van der Waals surface area contributed by atoms with Crippen LogP contribution in [-0.4, -0.2) is 0 Å². The lowest BCUT2D eigenvalue weighted by Gasteiger charge is -2.20. The Morgan fingerprint density at radius 2 is 1.61 bits per heavy atom. The molecule has 0 radical (unpaired) electrons. The van der Waals surface area contributed by atoms with Gasteiger partial charge >= 0.3 is 0 Å². The Kier molecular flexibility index (Phi) is 2.62. The minimum absolute atomic E-state index is 0.712. The molecule has 1 aliphatic heterocycles. The molecule has 0 aromatic heterocycles. The van der Waals surface area contributed by atoms with E-state index in [-0.39, 0.29) is 0 Å². The first-order valence-electron chi connectivity index (χ1n) is 6.00. The van der Waals surface area contributed by atoms with Crippen molar-refractivity contribution in [1.29, 1.82) is 5.26 Å². The zero-order valence-electron chi connectivity index (χ0n) is 9.90. The normalized spacial score (nSPS) is 12.8. The van der Waals surface area contributed by atoms with E-state index in [0.717, 1.165) is 24.2 Å². The molecule has 2 aromatic rings. The smallest absolute Gasteiger partial charge is 0.0991 e. The molecule has 0 atom stereocenters. The van der Waals surface area contributed by atoms with Gasteiger partial charge in [-0.05, 0) is 48.2 Å². The zero-order valence-corrected chi connectivity index (χ0v) is 9.90. The van der Waals surface area contributed by atoms with Crippen LogP contribution >= 0.6 is 0 Å². The second-order valence-corrected chi connectivity index (χ2v) is 4.39. The molecular formula is C15H13N3. The maximum atomic E-state index is 8.94. The van der Waals surface area contributed by atoms with Gasteiger partial charge in [-0.2, -0.15) is 5.26 Å². The third-order valence-corrected chi connectivity index (χ3v) is 3.25. The molecule has 3 nitrogen and oxygen atoms in total. The molecule has 1 aliphatic rings. The average molecular weight is 235 g/mol. The molecule has 2 aromatic carbocycles. The molecule has 0 bridgehead atoms. The second kappa shape index (κ2) is 4.42. The molecule has 2 N–H and O–H groups in total. The largest absolute Gasteiger partial charge is 0.301 e. The van der Waals surface area contributed by atoms with Gasteiger partial charge in [0.1, 0.15) is 0 Å². The van der Waals surface area contributed by atoms with E-state index < -0.39 is 0 Å². The highest BCUT2D eigenvalue weighted by atomic mass is 15.4. The number of aryl methyl sites for hydroxylation is 2. The second-order valence-electron chi connectivity index (χ2n) is 4.39. The van der Waals surface area contributed by atoms with Crippen molar-refractivity contribution < 1.29 is 0 Å². The van der Waals surface area contributed by atoms with Gasteiger partial charge < -0.3 is 10.9 Å². The van der Waals surface area contributed by atoms with Crippen molar-refractivity contribution in [3.8, 4) is 6.07 Å². The highest BCUT2D eigenvalue weighted by Crippen LogP contribution is 2.25. The lowest BCUT2D eigenvalue weighted by Crippen LogP contribution is -2.15.